The van der Waals surface area contributed by atoms with Crippen molar-refractivity contribution in [1.82, 2.24) is 4.98 Å². The highest BCUT2D eigenvalue weighted by atomic mass is 16.3. The summed E-state index contributed by atoms with van der Waals surface area (Å²) < 4.78 is 0. The fraction of sp³-hybridized carbons (Fsp3) is 0.643. The van der Waals surface area contributed by atoms with Crippen molar-refractivity contribution in [1.29, 1.82) is 0 Å². The van der Waals surface area contributed by atoms with E-state index in [0.717, 1.165) is 32.1 Å². The lowest BCUT2D eigenvalue weighted by molar-refractivity contribution is -0.266. The summed E-state index contributed by atoms with van der Waals surface area (Å²) in [6, 6.07) is 8.61. The Labute approximate surface area is 187 Å². The number of H-pyrrole nitrogens is 1. The number of fused-ring (bicyclic) bond motifs is 1. The molecule has 0 aliphatic heterocycles. The van der Waals surface area contributed by atoms with E-state index in [1.807, 2.05) is 0 Å². The van der Waals surface area contributed by atoms with Gasteiger partial charge < -0.3 is 15.2 Å². The summed E-state index contributed by atoms with van der Waals surface area (Å²) in [4.78, 5) is 3.52. The summed E-state index contributed by atoms with van der Waals surface area (Å²) in [5.41, 5.74) is 3.30. The molecule has 3 aliphatic carbocycles. The SMILES string of the molecule is C=C(C)[C@@H]1CC[C@]23[C@H]([C@H]1c1c[nH]c4ccccc14)[C@H](C)C[C@@H](O)[C@@]2(C)[C@H](C)CC[C@@H]3O. The summed E-state index contributed by atoms with van der Waals surface area (Å²) >= 11 is 0. The van der Waals surface area contributed by atoms with E-state index in [-0.39, 0.29) is 23.0 Å². The van der Waals surface area contributed by atoms with Gasteiger partial charge in [-0.2, -0.15) is 0 Å². The van der Waals surface area contributed by atoms with E-state index in [1.165, 1.54) is 22.0 Å². The zero-order valence-corrected chi connectivity index (χ0v) is 19.6. The van der Waals surface area contributed by atoms with Crippen molar-refractivity contribution in [2.45, 2.75) is 77.9 Å². The smallest absolute Gasteiger partial charge is 0.0605 e. The molecule has 1 heterocycles. The Kier molecular flexibility index (Phi) is 4.95. The summed E-state index contributed by atoms with van der Waals surface area (Å²) in [5.74, 6) is 1.80. The van der Waals surface area contributed by atoms with Crippen LogP contribution in [0.5, 0.6) is 0 Å². The Balaban J connectivity index is 1.75. The predicted octanol–water partition coefficient (Wildman–Crippen LogP) is 6.04. The average Bonchev–Trinajstić information content (AvgIpc) is 3.17. The van der Waals surface area contributed by atoms with Gasteiger partial charge in [0.05, 0.1) is 12.2 Å². The van der Waals surface area contributed by atoms with Crippen LogP contribution in [0.25, 0.3) is 10.9 Å². The van der Waals surface area contributed by atoms with Crippen LogP contribution in [0.3, 0.4) is 0 Å². The highest BCUT2D eigenvalue weighted by Crippen LogP contribution is 2.72. The summed E-state index contributed by atoms with van der Waals surface area (Å²) in [6.07, 6.45) is 6.21. The van der Waals surface area contributed by atoms with Crippen molar-refractivity contribution in [3.63, 3.8) is 0 Å². The van der Waals surface area contributed by atoms with Crippen LogP contribution in [0.4, 0.5) is 0 Å². The molecule has 3 saturated carbocycles. The molecular weight excluding hydrogens is 382 g/mol. The Morgan fingerprint density at radius 2 is 1.84 bits per heavy atom. The maximum absolute atomic E-state index is 11.7. The second-order valence-electron chi connectivity index (χ2n) is 11.4. The van der Waals surface area contributed by atoms with E-state index >= 15 is 0 Å². The van der Waals surface area contributed by atoms with Gasteiger partial charge in [-0.25, -0.2) is 0 Å². The van der Waals surface area contributed by atoms with Crippen molar-refractivity contribution in [2.24, 2.45) is 34.5 Å². The van der Waals surface area contributed by atoms with Crippen LogP contribution in [0, 0.1) is 34.5 Å². The average molecular weight is 422 g/mol. The van der Waals surface area contributed by atoms with Gasteiger partial charge in [-0.15, -0.1) is 0 Å². The number of hydrogen-bond acceptors (Lipinski definition) is 2. The third-order valence-electron chi connectivity index (χ3n) is 10.3. The number of benzene rings is 1. The third-order valence-corrected chi connectivity index (χ3v) is 10.3. The van der Waals surface area contributed by atoms with Gasteiger partial charge in [0.1, 0.15) is 0 Å². The molecular formula is C28H39NO2. The normalized spacial score (nSPS) is 45.2. The van der Waals surface area contributed by atoms with E-state index in [9.17, 15) is 10.2 Å². The number of aromatic nitrogens is 1. The molecule has 1 aromatic heterocycles. The van der Waals surface area contributed by atoms with Gasteiger partial charge in [0.2, 0.25) is 0 Å². The molecule has 1 spiro atoms. The number of rotatable bonds is 2. The van der Waals surface area contributed by atoms with Crippen LogP contribution in [0.2, 0.25) is 0 Å². The van der Waals surface area contributed by atoms with E-state index in [2.05, 4.69) is 69.7 Å². The molecule has 0 saturated heterocycles. The van der Waals surface area contributed by atoms with Gasteiger partial charge in [0.15, 0.2) is 0 Å². The lowest BCUT2D eigenvalue weighted by atomic mass is 9.35. The number of allylic oxidation sites excluding steroid dienone is 1. The van der Waals surface area contributed by atoms with Crippen molar-refractivity contribution in [2.75, 3.05) is 0 Å². The highest BCUT2D eigenvalue weighted by Gasteiger charge is 2.70. The molecule has 9 atom stereocenters. The minimum atomic E-state index is -0.353. The monoisotopic (exact) mass is 421 g/mol. The minimum absolute atomic E-state index is 0.253. The van der Waals surface area contributed by atoms with Crippen molar-refractivity contribution in [3.8, 4) is 0 Å². The maximum Gasteiger partial charge on any atom is 0.0605 e. The van der Waals surface area contributed by atoms with Crippen molar-refractivity contribution in [3.05, 3.63) is 48.2 Å². The lowest BCUT2D eigenvalue weighted by Gasteiger charge is -2.70. The first kappa shape index (κ1) is 21.3. The molecule has 5 rings (SSSR count). The first-order valence-corrected chi connectivity index (χ1v) is 12.3. The molecule has 3 fully saturated rings. The highest BCUT2D eigenvalue weighted by molar-refractivity contribution is 5.83. The third kappa shape index (κ3) is 2.66. The van der Waals surface area contributed by atoms with Gasteiger partial charge in [-0.1, -0.05) is 51.1 Å². The molecule has 0 radical (unpaired) electrons. The Morgan fingerprint density at radius 3 is 2.58 bits per heavy atom. The van der Waals surface area contributed by atoms with E-state index in [1.54, 1.807) is 0 Å². The standard InChI is InChI=1S/C28H39NO2/c1-16(2)19-12-13-28-23(30)11-10-18(4)27(28,5)24(31)14-17(3)26(28)25(19)21-15-29-22-9-7-6-8-20(21)22/h6-9,15,17-19,23-26,29-31H,1,10-14H2,2-5H3/t17-,18-,19+,23+,24-,25-,26+,27-,28+/m1/s1. The van der Waals surface area contributed by atoms with Gasteiger partial charge in [-0.3, -0.25) is 0 Å². The fourth-order valence-electron chi connectivity index (χ4n) is 8.69. The summed E-state index contributed by atoms with van der Waals surface area (Å²) in [5, 5.41) is 24.5. The summed E-state index contributed by atoms with van der Waals surface area (Å²) in [7, 11) is 0. The van der Waals surface area contributed by atoms with Crippen LogP contribution in [0.1, 0.15) is 71.3 Å². The lowest BCUT2D eigenvalue weighted by Crippen LogP contribution is -2.69. The molecule has 3 heteroatoms. The van der Waals surface area contributed by atoms with Gasteiger partial charge in [-0.05, 0) is 80.2 Å². The molecule has 168 valence electrons. The van der Waals surface area contributed by atoms with Crippen LogP contribution >= 0.6 is 0 Å². The number of nitrogens with one attached hydrogen (secondary N) is 1. The van der Waals surface area contributed by atoms with Crippen LogP contribution in [0.15, 0.2) is 42.6 Å². The van der Waals surface area contributed by atoms with E-state index < -0.39 is 0 Å². The molecule has 0 bridgehead atoms. The first-order valence-electron chi connectivity index (χ1n) is 12.3. The second kappa shape index (κ2) is 7.22. The van der Waals surface area contributed by atoms with Crippen LogP contribution < -0.4 is 0 Å². The fourth-order valence-corrected chi connectivity index (χ4v) is 8.69. The van der Waals surface area contributed by atoms with Gasteiger partial charge in [0, 0.05) is 27.9 Å². The molecule has 0 amide bonds. The Hall–Kier alpha value is -1.58. The minimum Gasteiger partial charge on any atom is -0.393 e. The zero-order valence-electron chi connectivity index (χ0n) is 19.6. The Bertz CT molecular complexity index is 994. The van der Waals surface area contributed by atoms with Crippen LogP contribution in [-0.4, -0.2) is 27.4 Å². The van der Waals surface area contributed by atoms with E-state index in [4.69, 9.17) is 0 Å². The quantitative estimate of drug-likeness (QED) is 0.518. The van der Waals surface area contributed by atoms with Gasteiger partial charge >= 0.3 is 0 Å². The number of aliphatic hydroxyl groups excluding tert-OH is 2. The topological polar surface area (TPSA) is 56.2 Å². The number of hydrogen-bond donors (Lipinski definition) is 3. The zero-order chi connectivity index (χ0) is 22.1. The molecule has 1 aromatic carbocycles. The predicted molar refractivity (Wildman–Crippen MR) is 127 cm³/mol. The molecule has 3 aliphatic rings. The number of para-hydroxylation sites is 1. The number of aliphatic hydroxyl groups is 2. The molecule has 2 aromatic rings. The first-order chi connectivity index (χ1) is 14.7. The largest absolute Gasteiger partial charge is 0.393 e. The van der Waals surface area contributed by atoms with Gasteiger partial charge in [0.25, 0.3) is 0 Å². The van der Waals surface area contributed by atoms with Crippen LogP contribution in [-0.2, 0) is 0 Å². The van der Waals surface area contributed by atoms with Crippen molar-refractivity contribution < 1.29 is 10.2 Å². The number of aromatic amines is 1. The molecule has 31 heavy (non-hydrogen) atoms. The van der Waals surface area contributed by atoms with Crippen molar-refractivity contribution >= 4 is 10.9 Å². The molecule has 3 N–H and O–H groups in total. The molecule has 0 unspecified atom stereocenters. The van der Waals surface area contributed by atoms with E-state index in [0.29, 0.717) is 29.6 Å². The Morgan fingerprint density at radius 1 is 1.10 bits per heavy atom. The molecule has 3 nitrogen and oxygen atoms in total. The summed E-state index contributed by atoms with van der Waals surface area (Å²) in [6.45, 7) is 13.6. The second-order valence-corrected chi connectivity index (χ2v) is 11.4. The maximum atomic E-state index is 11.7.